The van der Waals surface area contributed by atoms with E-state index in [2.05, 4.69) is 0 Å². The van der Waals surface area contributed by atoms with Crippen molar-refractivity contribution in [2.24, 2.45) is 5.92 Å². The van der Waals surface area contributed by atoms with E-state index in [4.69, 9.17) is 9.47 Å². The number of rotatable bonds is 7. The number of benzene rings is 1. The van der Waals surface area contributed by atoms with E-state index in [9.17, 15) is 22.8 Å². The standard InChI is InChI=1S/C23H32N2O7S/c1-3-31-22(27)18-10-14-24(15-11-18)21(26)17(2)32-23(28)19-8-7-9-20(16-19)33(29,30)25-12-5-4-6-13-25/h7-9,16-18H,3-6,10-15H2,1-2H3/t17-/m0/s1. The Balaban J connectivity index is 1.59. The summed E-state index contributed by atoms with van der Waals surface area (Å²) in [5.74, 6) is -1.57. The van der Waals surface area contributed by atoms with Crippen molar-refractivity contribution in [3.05, 3.63) is 29.8 Å². The van der Waals surface area contributed by atoms with Gasteiger partial charge in [0, 0.05) is 26.2 Å². The first-order chi connectivity index (χ1) is 15.7. The molecule has 0 aliphatic carbocycles. The number of likely N-dealkylation sites (tertiary alicyclic amines) is 1. The number of piperidine rings is 2. The van der Waals surface area contributed by atoms with Crippen molar-refractivity contribution in [2.75, 3.05) is 32.8 Å². The number of ether oxygens (including phenoxy) is 2. The van der Waals surface area contributed by atoms with E-state index in [-0.39, 0.29) is 28.3 Å². The van der Waals surface area contributed by atoms with Crippen LogP contribution >= 0.6 is 0 Å². The Bertz CT molecular complexity index is 965. The van der Waals surface area contributed by atoms with Crippen LogP contribution in [0.5, 0.6) is 0 Å². The maximum absolute atomic E-state index is 12.9. The first-order valence-electron chi connectivity index (χ1n) is 11.5. The minimum absolute atomic E-state index is 0.0406. The third-order valence-corrected chi connectivity index (χ3v) is 7.98. The van der Waals surface area contributed by atoms with E-state index in [1.165, 1.54) is 35.5 Å². The minimum Gasteiger partial charge on any atom is -0.466 e. The van der Waals surface area contributed by atoms with Crippen LogP contribution in [-0.2, 0) is 29.1 Å². The van der Waals surface area contributed by atoms with E-state index in [0.717, 1.165) is 19.3 Å². The molecule has 2 fully saturated rings. The predicted octanol–water partition coefficient (Wildman–Crippen LogP) is 2.21. The van der Waals surface area contributed by atoms with Crippen molar-refractivity contribution in [3.8, 4) is 0 Å². The molecule has 0 radical (unpaired) electrons. The molecule has 2 aliphatic heterocycles. The van der Waals surface area contributed by atoms with Crippen molar-refractivity contribution in [1.82, 2.24) is 9.21 Å². The summed E-state index contributed by atoms with van der Waals surface area (Å²) in [6, 6.07) is 5.73. The van der Waals surface area contributed by atoms with E-state index in [1.54, 1.807) is 11.8 Å². The van der Waals surface area contributed by atoms with Crippen LogP contribution in [0.15, 0.2) is 29.2 Å². The molecule has 2 aliphatic rings. The molecule has 1 aromatic rings. The Labute approximate surface area is 195 Å². The molecule has 0 unspecified atom stereocenters. The number of nitrogens with zero attached hydrogens (tertiary/aromatic N) is 2. The smallest absolute Gasteiger partial charge is 0.338 e. The molecule has 3 rings (SSSR count). The van der Waals surface area contributed by atoms with Crippen molar-refractivity contribution >= 4 is 27.9 Å². The van der Waals surface area contributed by atoms with Gasteiger partial charge in [0.05, 0.1) is 23.0 Å². The molecule has 9 nitrogen and oxygen atoms in total. The Morgan fingerprint density at radius 2 is 1.73 bits per heavy atom. The maximum Gasteiger partial charge on any atom is 0.338 e. The van der Waals surface area contributed by atoms with Crippen LogP contribution in [0, 0.1) is 5.92 Å². The lowest BCUT2D eigenvalue weighted by Crippen LogP contribution is -2.45. The van der Waals surface area contributed by atoms with Gasteiger partial charge in [0.15, 0.2) is 6.10 Å². The highest BCUT2D eigenvalue weighted by Crippen LogP contribution is 2.23. The van der Waals surface area contributed by atoms with Crippen LogP contribution in [0.25, 0.3) is 0 Å². The van der Waals surface area contributed by atoms with Gasteiger partial charge in [-0.15, -0.1) is 0 Å². The lowest BCUT2D eigenvalue weighted by Gasteiger charge is -2.32. The number of hydrogen-bond acceptors (Lipinski definition) is 7. The van der Waals surface area contributed by atoms with Gasteiger partial charge in [-0.05, 0) is 57.7 Å². The van der Waals surface area contributed by atoms with Gasteiger partial charge in [-0.1, -0.05) is 12.5 Å². The molecule has 0 aromatic heterocycles. The van der Waals surface area contributed by atoms with Gasteiger partial charge in [-0.3, -0.25) is 9.59 Å². The summed E-state index contributed by atoms with van der Waals surface area (Å²) in [6.45, 7) is 5.27. The first kappa shape index (κ1) is 25.2. The second-order valence-electron chi connectivity index (χ2n) is 8.39. The summed E-state index contributed by atoms with van der Waals surface area (Å²) in [5.41, 5.74) is 0.0775. The van der Waals surface area contributed by atoms with Gasteiger partial charge in [0.2, 0.25) is 10.0 Å². The average Bonchev–Trinajstić information content (AvgIpc) is 2.84. The van der Waals surface area contributed by atoms with Gasteiger partial charge in [-0.2, -0.15) is 4.31 Å². The second-order valence-corrected chi connectivity index (χ2v) is 10.3. The molecule has 1 amide bonds. The fourth-order valence-corrected chi connectivity index (χ4v) is 5.73. The highest BCUT2D eigenvalue weighted by atomic mass is 32.2. The highest BCUT2D eigenvalue weighted by molar-refractivity contribution is 7.89. The van der Waals surface area contributed by atoms with Gasteiger partial charge < -0.3 is 14.4 Å². The van der Waals surface area contributed by atoms with Crippen LogP contribution in [0.1, 0.15) is 56.3 Å². The predicted molar refractivity (Wildman–Crippen MR) is 120 cm³/mol. The average molecular weight is 481 g/mol. The lowest BCUT2D eigenvalue weighted by atomic mass is 9.97. The molecule has 10 heteroatoms. The van der Waals surface area contributed by atoms with Gasteiger partial charge in [0.1, 0.15) is 0 Å². The topological polar surface area (TPSA) is 110 Å². The Hall–Kier alpha value is -2.46. The zero-order valence-corrected chi connectivity index (χ0v) is 20.0. The monoisotopic (exact) mass is 480 g/mol. The summed E-state index contributed by atoms with van der Waals surface area (Å²) in [4.78, 5) is 38.9. The summed E-state index contributed by atoms with van der Waals surface area (Å²) in [5, 5.41) is 0. The number of sulfonamides is 1. The van der Waals surface area contributed by atoms with Crippen molar-refractivity contribution in [3.63, 3.8) is 0 Å². The zero-order chi connectivity index (χ0) is 24.0. The first-order valence-corrected chi connectivity index (χ1v) is 12.9. The molecular weight excluding hydrogens is 448 g/mol. The van der Waals surface area contributed by atoms with E-state index >= 15 is 0 Å². The minimum atomic E-state index is -3.68. The summed E-state index contributed by atoms with van der Waals surface area (Å²) in [7, 11) is -3.68. The van der Waals surface area contributed by atoms with Gasteiger partial charge in [0.25, 0.3) is 5.91 Å². The normalized spacial score (nSPS) is 19.0. The summed E-state index contributed by atoms with van der Waals surface area (Å²) < 4.78 is 37.6. The third-order valence-electron chi connectivity index (χ3n) is 6.08. The highest BCUT2D eigenvalue weighted by Gasteiger charge is 2.32. The van der Waals surface area contributed by atoms with Gasteiger partial charge in [-0.25, -0.2) is 13.2 Å². The van der Waals surface area contributed by atoms with Crippen molar-refractivity contribution in [1.29, 1.82) is 0 Å². The number of carbonyl (C=O) groups is 3. The van der Waals surface area contributed by atoms with Crippen molar-refractivity contribution < 1.29 is 32.3 Å². The van der Waals surface area contributed by atoms with Crippen LogP contribution in [-0.4, -0.2) is 74.4 Å². The lowest BCUT2D eigenvalue weighted by molar-refractivity contribution is -0.152. The molecular formula is C23H32N2O7S. The zero-order valence-electron chi connectivity index (χ0n) is 19.2. The Morgan fingerprint density at radius 3 is 2.36 bits per heavy atom. The molecule has 0 N–H and O–H groups in total. The molecule has 0 saturated carbocycles. The van der Waals surface area contributed by atoms with E-state index in [1.807, 2.05) is 0 Å². The number of carbonyl (C=O) groups excluding carboxylic acids is 3. The Kier molecular flexibility index (Phi) is 8.47. The fourth-order valence-electron chi connectivity index (χ4n) is 4.17. The molecule has 2 heterocycles. The largest absolute Gasteiger partial charge is 0.466 e. The number of esters is 2. The van der Waals surface area contributed by atoms with Gasteiger partial charge >= 0.3 is 11.9 Å². The molecule has 33 heavy (non-hydrogen) atoms. The molecule has 0 bridgehead atoms. The van der Waals surface area contributed by atoms with E-state index < -0.39 is 22.1 Å². The SMILES string of the molecule is CCOC(=O)C1CCN(C(=O)[C@H](C)OC(=O)c2cccc(S(=O)(=O)N3CCCCC3)c2)CC1. The molecule has 1 aromatic carbocycles. The molecule has 1 atom stereocenters. The summed E-state index contributed by atoms with van der Waals surface area (Å²) in [6.07, 6.45) is 2.61. The van der Waals surface area contributed by atoms with E-state index in [0.29, 0.717) is 45.6 Å². The summed E-state index contributed by atoms with van der Waals surface area (Å²) >= 11 is 0. The second kappa shape index (κ2) is 11.1. The Morgan fingerprint density at radius 1 is 1.06 bits per heavy atom. The van der Waals surface area contributed by atoms with Crippen LogP contribution in [0.4, 0.5) is 0 Å². The number of hydrogen-bond donors (Lipinski definition) is 0. The fraction of sp³-hybridized carbons (Fsp3) is 0.609. The van der Waals surface area contributed by atoms with Crippen LogP contribution < -0.4 is 0 Å². The third kappa shape index (κ3) is 6.11. The molecule has 182 valence electrons. The van der Waals surface area contributed by atoms with Crippen molar-refractivity contribution in [2.45, 2.75) is 57.0 Å². The quantitative estimate of drug-likeness (QED) is 0.550. The molecule has 0 spiro atoms. The van der Waals surface area contributed by atoms with Crippen LogP contribution in [0.3, 0.4) is 0 Å². The molecule has 2 saturated heterocycles. The maximum atomic E-state index is 12.9. The van der Waals surface area contributed by atoms with Crippen LogP contribution in [0.2, 0.25) is 0 Å². The number of amides is 1.